The fourth-order valence-electron chi connectivity index (χ4n) is 4.33. The average Bonchev–Trinajstić information content (AvgIpc) is 3.34. The zero-order valence-electron chi connectivity index (χ0n) is 21.5. The highest BCUT2D eigenvalue weighted by molar-refractivity contribution is 6.04. The Morgan fingerprint density at radius 3 is 2.30 bits per heavy atom. The number of aromatic nitrogens is 4. The highest BCUT2D eigenvalue weighted by atomic mass is 16.1. The molecule has 0 unspecified atom stereocenters. The first-order chi connectivity index (χ1) is 17.9. The maximum atomic E-state index is 12.8. The van der Waals surface area contributed by atoms with E-state index < -0.39 is 0 Å². The van der Waals surface area contributed by atoms with Crippen molar-refractivity contribution in [2.75, 3.05) is 43.9 Å². The minimum atomic E-state index is -0.149. The lowest BCUT2D eigenvalue weighted by Crippen LogP contribution is -2.43. The van der Waals surface area contributed by atoms with Crippen LogP contribution in [0.3, 0.4) is 0 Å². The highest BCUT2D eigenvalue weighted by Crippen LogP contribution is 2.23. The molecule has 0 saturated carbocycles. The lowest BCUT2D eigenvalue weighted by atomic mass is 10.1. The van der Waals surface area contributed by atoms with Crippen LogP contribution in [0.25, 0.3) is 11.3 Å². The zero-order valence-corrected chi connectivity index (χ0v) is 21.5. The minimum absolute atomic E-state index is 0.149. The summed E-state index contributed by atoms with van der Waals surface area (Å²) in [6.07, 6.45) is 5.50. The van der Waals surface area contributed by atoms with E-state index in [0.717, 1.165) is 60.9 Å². The summed E-state index contributed by atoms with van der Waals surface area (Å²) in [6, 6.07) is 15.4. The fourth-order valence-corrected chi connectivity index (χ4v) is 4.33. The number of piperazine rings is 1. The van der Waals surface area contributed by atoms with Crippen molar-refractivity contribution in [3.8, 4) is 11.3 Å². The Kier molecular flexibility index (Phi) is 7.25. The Labute approximate surface area is 217 Å². The van der Waals surface area contributed by atoms with Crippen molar-refractivity contribution < 1.29 is 4.79 Å². The number of likely N-dealkylation sites (N-methyl/N-ethyl adjacent to an activating group) is 1. The zero-order chi connectivity index (χ0) is 25.8. The summed E-state index contributed by atoms with van der Waals surface area (Å²) in [7, 11) is 4.04. The van der Waals surface area contributed by atoms with Gasteiger partial charge in [0.05, 0.1) is 11.9 Å². The van der Waals surface area contributed by atoms with Crippen molar-refractivity contribution in [3.63, 3.8) is 0 Å². The van der Waals surface area contributed by atoms with Gasteiger partial charge in [0.15, 0.2) is 0 Å². The molecule has 0 atom stereocenters. The fraction of sp³-hybridized carbons (Fsp3) is 0.286. The van der Waals surface area contributed by atoms with Gasteiger partial charge in [0.1, 0.15) is 0 Å². The number of aryl methyl sites for hydroxylation is 2. The molecule has 0 radical (unpaired) electrons. The number of rotatable bonds is 7. The van der Waals surface area contributed by atoms with E-state index in [4.69, 9.17) is 0 Å². The standard InChI is InChI=1S/C28H32N8O/c1-20-16-29-28(33-26(20)23-17-30-35(3)19-23)32-25-10-6-22(7-11-25)27(37)31-24-8-4-21(5-9-24)18-36-14-12-34(2)13-15-36/h4-11,16-17,19H,12-15,18H2,1-3H3,(H,31,37)(H,29,32,33). The van der Waals surface area contributed by atoms with Crippen molar-refractivity contribution in [1.29, 1.82) is 0 Å². The highest BCUT2D eigenvalue weighted by Gasteiger charge is 2.14. The van der Waals surface area contributed by atoms with Gasteiger partial charge in [-0.2, -0.15) is 5.10 Å². The SMILES string of the molecule is Cc1cnc(Nc2ccc(C(=O)Nc3ccc(CN4CCN(C)CC4)cc3)cc2)nc1-c1cnn(C)c1. The molecule has 3 heterocycles. The predicted octanol–water partition coefficient (Wildman–Crippen LogP) is 3.93. The summed E-state index contributed by atoms with van der Waals surface area (Å²) in [5.41, 5.74) is 6.14. The van der Waals surface area contributed by atoms with E-state index in [1.54, 1.807) is 29.2 Å². The monoisotopic (exact) mass is 496 g/mol. The molecule has 0 aliphatic carbocycles. The second-order valence-electron chi connectivity index (χ2n) is 9.56. The number of carbonyl (C=O) groups is 1. The molecule has 1 aliphatic heterocycles. The van der Waals surface area contributed by atoms with Crippen molar-refractivity contribution in [1.82, 2.24) is 29.5 Å². The predicted molar refractivity (Wildman–Crippen MR) is 146 cm³/mol. The van der Waals surface area contributed by atoms with Gasteiger partial charge >= 0.3 is 0 Å². The first kappa shape index (κ1) is 24.6. The van der Waals surface area contributed by atoms with E-state index in [0.29, 0.717) is 11.5 Å². The molecule has 2 aromatic heterocycles. The van der Waals surface area contributed by atoms with Crippen molar-refractivity contribution >= 4 is 23.2 Å². The third-order valence-electron chi connectivity index (χ3n) is 6.57. The van der Waals surface area contributed by atoms with Crippen LogP contribution < -0.4 is 10.6 Å². The van der Waals surface area contributed by atoms with E-state index in [9.17, 15) is 4.79 Å². The molecule has 1 saturated heterocycles. The molecular weight excluding hydrogens is 464 g/mol. The van der Waals surface area contributed by atoms with Gasteiger partial charge in [-0.1, -0.05) is 12.1 Å². The van der Waals surface area contributed by atoms with E-state index in [1.807, 2.05) is 44.4 Å². The Bertz CT molecular complexity index is 1360. The number of benzene rings is 2. The Morgan fingerprint density at radius 1 is 0.919 bits per heavy atom. The van der Waals surface area contributed by atoms with Gasteiger partial charge in [-0.3, -0.25) is 14.4 Å². The van der Waals surface area contributed by atoms with Gasteiger partial charge in [-0.05, 0) is 61.5 Å². The Balaban J connectivity index is 1.18. The van der Waals surface area contributed by atoms with Gasteiger partial charge in [0.2, 0.25) is 5.95 Å². The molecule has 37 heavy (non-hydrogen) atoms. The number of carbonyl (C=O) groups excluding carboxylic acids is 1. The number of nitrogens with one attached hydrogen (secondary N) is 2. The molecule has 5 rings (SSSR count). The Morgan fingerprint density at radius 2 is 1.62 bits per heavy atom. The van der Waals surface area contributed by atoms with Crippen LogP contribution in [0.2, 0.25) is 0 Å². The topological polar surface area (TPSA) is 91.2 Å². The molecule has 1 amide bonds. The van der Waals surface area contributed by atoms with Crippen LogP contribution in [0.15, 0.2) is 67.1 Å². The lowest BCUT2D eigenvalue weighted by Gasteiger charge is -2.32. The maximum absolute atomic E-state index is 12.8. The van der Waals surface area contributed by atoms with Crippen LogP contribution >= 0.6 is 0 Å². The third-order valence-corrected chi connectivity index (χ3v) is 6.57. The van der Waals surface area contributed by atoms with E-state index in [2.05, 4.69) is 54.7 Å². The van der Waals surface area contributed by atoms with E-state index >= 15 is 0 Å². The van der Waals surface area contributed by atoms with Crippen LogP contribution in [-0.2, 0) is 13.6 Å². The molecule has 2 aromatic carbocycles. The normalized spacial score (nSPS) is 14.5. The average molecular weight is 497 g/mol. The number of hydrogen-bond acceptors (Lipinski definition) is 7. The Hall–Kier alpha value is -4.08. The van der Waals surface area contributed by atoms with E-state index in [-0.39, 0.29) is 5.91 Å². The molecule has 1 fully saturated rings. The van der Waals surface area contributed by atoms with Crippen LogP contribution in [0.1, 0.15) is 21.5 Å². The molecule has 1 aliphatic rings. The summed E-state index contributed by atoms with van der Waals surface area (Å²) < 4.78 is 1.75. The molecule has 9 nitrogen and oxygen atoms in total. The van der Waals surface area contributed by atoms with E-state index in [1.165, 1.54) is 5.56 Å². The summed E-state index contributed by atoms with van der Waals surface area (Å²) >= 11 is 0. The third kappa shape index (κ3) is 6.19. The molecule has 0 spiro atoms. The molecule has 4 aromatic rings. The van der Waals surface area contributed by atoms with Crippen molar-refractivity contribution in [3.05, 3.63) is 83.8 Å². The summed E-state index contributed by atoms with van der Waals surface area (Å²) in [5.74, 6) is 0.335. The molecule has 0 bridgehead atoms. The number of hydrogen-bond donors (Lipinski definition) is 2. The second kappa shape index (κ2) is 10.9. The smallest absolute Gasteiger partial charge is 0.255 e. The van der Waals surface area contributed by atoms with Gasteiger partial charge in [0, 0.05) is 74.7 Å². The van der Waals surface area contributed by atoms with Gasteiger partial charge in [0.25, 0.3) is 5.91 Å². The van der Waals surface area contributed by atoms with Crippen LogP contribution in [0.5, 0.6) is 0 Å². The first-order valence-electron chi connectivity index (χ1n) is 12.4. The summed E-state index contributed by atoms with van der Waals surface area (Å²) in [6.45, 7) is 7.29. The number of amides is 1. The summed E-state index contributed by atoms with van der Waals surface area (Å²) in [5, 5.41) is 10.4. The van der Waals surface area contributed by atoms with Gasteiger partial charge in [-0.15, -0.1) is 0 Å². The minimum Gasteiger partial charge on any atom is -0.324 e. The molecule has 190 valence electrons. The first-order valence-corrected chi connectivity index (χ1v) is 12.4. The number of anilines is 3. The molecule has 2 N–H and O–H groups in total. The second-order valence-corrected chi connectivity index (χ2v) is 9.56. The molecular formula is C28H32N8O. The molecule has 9 heteroatoms. The van der Waals surface area contributed by atoms with Gasteiger partial charge in [-0.25, -0.2) is 9.97 Å². The lowest BCUT2D eigenvalue weighted by molar-refractivity contribution is 0.102. The van der Waals surface area contributed by atoms with Crippen LogP contribution in [-0.4, -0.2) is 68.7 Å². The largest absolute Gasteiger partial charge is 0.324 e. The van der Waals surface area contributed by atoms with Crippen LogP contribution in [0.4, 0.5) is 17.3 Å². The van der Waals surface area contributed by atoms with Gasteiger partial charge < -0.3 is 15.5 Å². The number of nitrogens with zero attached hydrogens (tertiary/aromatic N) is 6. The van der Waals surface area contributed by atoms with Crippen molar-refractivity contribution in [2.45, 2.75) is 13.5 Å². The maximum Gasteiger partial charge on any atom is 0.255 e. The quantitative estimate of drug-likeness (QED) is 0.401. The summed E-state index contributed by atoms with van der Waals surface area (Å²) in [4.78, 5) is 26.6. The van der Waals surface area contributed by atoms with Crippen LogP contribution in [0, 0.1) is 6.92 Å². The van der Waals surface area contributed by atoms with Crippen molar-refractivity contribution in [2.24, 2.45) is 7.05 Å².